The van der Waals surface area contributed by atoms with Crippen molar-refractivity contribution in [3.8, 4) is 5.88 Å². The van der Waals surface area contributed by atoms with Crippen molar-refractivity contribution in [3.63, 3.8) is 0 Å². The van der Waals surface area contributed by atoms with Gasteiger partial charge < -0.3 is 10.1 Å². The van der Waals surface area contributed by atoms with Gasteiger partial charge >= 0.3 is 0 Å². The second-order valence-electron chi connectivity index (χ2n) is 7.85. The van der Waals surface area contributed by atoms with E-state index in [9.17, 15) is 13.4 Å². The van der Waals surface area contributed by atoms with E-state index in [2.05, 4.69) is 16.5 Å². The molecular formula is C19H22FN5O3S. The Labute approximate surface area is 167 Å². The Morgan fingerprint density at radius 2 is 2.14 bits per heavy atom. The molecule has 0 fully saturated rings. The molecule has 29 heavy (non-hydrogen) atoms. The molecule has 0 radical (unpaired) electrons. The number of carbonyl (C=O) groups excluding carboxylic acids is 1. The maximum Gasteiger partial charge on any atom is 0.277 e. The summed E-state index contributed by atoms with van der Waals surface area (Å²) in [6, 6.07) is 2.07. The van der Waals surface area contributed by atoms with E-state index in [0.29, 0.717) is 31.7 Å². The minimum Gasteiger partial charge on any atom is -0.477 e. The van der Waals surface area contributed by atoms with E-state index in [1.807, 2.05) is 0 Å². The normalized spacial score (nSPS) is 21.7. The lowest BCUT2D eigenvalue weighted by molar-refractivity contribution is 0.101. The number of hydrogen-bond donors (Lipinski definition) is 3. The molecule has 0 bridgehead atoms. The summed E-state index contributed by atoms with van der Waals surface area (Å²) in [5.41, 5.74) is 4.42. The van der Waals surface area contributed by atoms with Crippen LogP contribution in [0, 0.1) is 4.78 Å². The van der Waals surface area contributed by atoms with Crippen molar-refractivity contribution in [2.24, 2.45) is 5.14 Å². The average Bonchev–Trinajstić information content (AvgIpc) is 3.35. The Hall–Kier alpha value is -2.46. The Balaban J connectivity index is 1.59. The van der Waals surface area contributed by atoms with Gasteiger partial charge in [-0.2, -0.15) is 5.10 Å². The molecule has 0 saturated carbocycles. The third kappa shape index (κ3) is 3.01. The van der Waals surface area contributed by atoms with Crippen LogP contribution in [0.2, 0.25) is 0 Å². The van der Waals surface area contributed by atoms with Gasteiger partial charge in [0.1, 0.15) is 16.1 Å². The Bertz CT molecular complexity index is 1140. The van der Waals surface area contributed by atoms with E-state index >= 15 is 0 Å². The number of rotatable bonds is 3. The molecule has 1 unspecified atom stereocenters. The number of alkyl halides is 1. The number of ether oxygens (including phenoxy) is 1. The molecule has 4 N–H and O–H groups in total. The quantitative estimate of drug-likeness (QED) is 0.705. The van der Waals surface area contributed by atoms with Crippen LogP contribution in [0.5, 0.6) is 5.88 Å². The number of benzene rings is 1. The second kappa shape index (κ2) is 6.53. The van der Waals surface area contributed by atoms with Gasteiger partial charge in [-0.3, -0.25) is 4.79 Å². The zero-order valence-corrected chi connectivity index (χ0v) is 16.6. The van der Waals surface area contributed by atoms with Crippen molar-refractivity contribution in [3.05, 3.63) is 34.0 Å². The number of fused-ring (bicyclic) bond motifs is 3. The van der Waals surface area contributed by atoms with Crippen LogP contribution in [-0.2, 0) is 42.1 Å². The maximum absolute atomic E-state index is 14.1. The first-order valence-corrected chi connectivity index (χ1v) is 11.4. The smallest absolute Gasteiger partial charge is 0.277 e. The molecule has 1 amide bonds. The van der Waals surface area contributed by atoms with Crippen LogP contribution in [0.15, 0.2) is 11.0 Å². The van der Waals surface area contributed by atoms with Crippen LogP contribution in [-0.4, -0.2) is 32.7 Å². The van der Waals surface area contributed by atoms with Crippen LogP contribution in [0.3, 0.4) is 0 Å². The summed E-state index contributed by atoms with van der Waals surface area (Å²) in [4.78, 5) is 13.0. The summed E-state index contributed by atoms with van der Waals surface area (Å²) in [5.74, 6) is -0.475. The van der Waals surface area contributed by atoms with Crippen molar-refractivity contribution in [2.45, 2.75) is 56.1 Å². The highest BCUT2D eigenvalue weighted by Gasteiger charge is 2.34. The Morgan fingerprint density at radius 3 is 2.93 bits per heavy atom. The molecule has 1 aromatic carbocycles. The van der Waals surface area contributed by atoms with Gasteiger partial charge in [-0.25, -0.2) is 23.2 Å². The fraction of sp³-hybridized carbons (Fsp3) is 0.474. The van der Waals surface area contributed by atoms with Crippen molar-refractivity contribution in [2.75, 3.05) is 11.9 Å². The average molecular weight is 419 g/mol. The molecule has 3 aliphatic rings. The van der Waals surface area contributed by atoms with Gasteiger partial charge in [-0.05, 0) is 41.5 Å². The predicted molar refractivity (Wildman–Crippen MR) is 104 cm³/mol. The van der Waals surface area contributed by atoms with Crippen LogP contribution >= 0.6 is 0 Å². The van der Waals surface area contributed by atoms with Crippen LogP contribution in [0.1, 0.15) is 45.6 Å². The predicted octanol–water partition coefficient (Wildman–Crippen LogP) is 2.12. The first-order valence-electron chi connectivity index (χ1n) is 9.75. The highest BCUT2D eigenvalue weighted by molar-refractivity contribution is 7.90. The highest BCUT2D eigenvalue weighted by atomic mass is 32.2. The minimum atomic E-state index is -3.73. The molecule has 8 nitrogen and oxygen atoms in total. The summed E-state index contributed by atoms with van der Waals surface area (Å²) in [6.45, 7) is 0.873. The van der Waals surface area contributed by atoms with E-state index in [1.165, 1.54) is 4.68 Å². The van der Waals surface area contributed by atoms with E-state index in [4.69, 9.17) is 14.7 Å². The second-order valence-corrected chi connectivity index (χ2v) is 9.46. The first-order chi connectivity index (χ1) is 13.8. The van der Waals surface area contributed by atoms with Gasteiger partial charge in [0.05, 0.1) is 6.61 Å². The number of hydrogen-bond acceptors (Lipinski definition) is 5. The third-order valence-electron chi connectivity index (χ3n) is 5.84. The SMILES string of the molecule is N=S(N)(=O)c1c(C(=O)Nc2c3c(cc4c2C[C@@H](F)C4)CCC3)nn2c1OCCC2. The molecule has 2 aromatic rings. The van der Waals surface area contributed by atoms with Gasteiger partial charge in [0.25, 0.3) is 5.91 Å². The molecule has 5 rings (SSSR count). The lowest BCUT2D eigenvalue weighted by atomic mass is 9.98. The minimum absolute atomic E-state index is 0.122. The van der Waals surface area contributed by atoms with Crippen molar-refractivity contribution >= 4 is 21.5 Å². The van der Waals surface area contributed by atoms with Gasteiger partial charge in [-0.1, -0.05) is 6.07 Å². The zero-order valence-electron chi connectivity index (χ0n) is 15.8. The summed E-state index contributed by atoms with van der Waals surface area (Å²) in [6.07, 6.45) is 3.06. The lowest BCUT2D eigenvalue weighted by Gasteiger charge is -2.16. The number of nitrogens with two attached hydrogens (primary N) is 1. The Morgan fingerprint density at radius 1 is 1.31 bits per heavy atom. The summed E-state index contributed by atoms with van der Waals surface area (Å²) < 4.78 is 41.3. The van der Waals surface area contributed by atoms with E-state index in [-0.39, 0.29) is 22.9 Å². The maximum atomic E-state index is 14.1. The molecule has 2 aliphatic carbocycles. The molecule has 1 aliphatic heterocycles. The topological polar surface area (TPSA) is 123 Å². The van der Waals surface area contributed by atoms with E-state index < -0.39 is 22.0 Å². The van der Waals surface area contributed by atoms with Gasteiger partial charge in [0, 0.05) is 31.5 Å². The zero-order chi connectivity index (χ0) is 20.3. The summed E-state index contributed by atoms with van der Waals surface area (Å²) in [7, 11) is -3.73. The highest BCUT2D eigenvalue weighted by Crippen LogP contribution is 2.40. The fourth-order valence-corrected chi connectivity index (χ4v) is 5.49. The fourth-order valence-electron chi connectivity index (χ4n) is 4.65. The molecule has 2 heterocycles. The van der Waals surface area contributed by atoms with Crippen molar-refractivity contribution in [1.29, 1.82) is 4.78 Å². The van der Waals surface area contributed by atoms with Crippen LogP contribution in [0.4, 0.5) is 10.1 Å². The molecule has 1 aromatic heterocycles. The monoisotopic (exact) mass is 419 g/mol. The van der Waals surface area contributed by atoms with Gasteiger partial charge in [0.15, 0.2) is 10.6 Å². The number of nitrogens with one attached hydrogen (secondary N) is 2. The summed E-state index contributed by atoms with van der Waals surface area (Å²) in [5, 5.41) is 12.7. The number of aryl methyl sites for hydroxylation is 2. The third-order valence-corrected chi connectivity index (χ3v) is 6.82. The molecule has 10 heteroatoms. The van der Waals surface area contributed by atoms with E-state index in [0.717, 1.165) is 41.5 Å². The number of nitrogens with zero attached hydrogens (tertiary/aromatic N) is 2. The first kappa shape index (κ1) is 18.6. The number of anilines is 1. The van der Waals surface area contributed by atoms with E-state index in [1.54, 1.807) is 0 Å². The molecule has 0 saturated heterocycles. The number of halogens is 1. The molecular weight excluding hydrogens is 397 g/mol. The number of aromatic nitrogens is 2. The summed E-state index contributed by atoms with van der Waals surface area (Å²) >= 11 is 0. The number of amides is 1. The lowest BCUT2D eigenvalue weighted by Crippen LogP contribution is -2.21. The molecule has 2 atom stereocenters. The van der Waals surface area contributed by atoms with Crippen molar-refractivity contribution in [1.82, 2.24) is 9.78 Å². The molecule has 0 spiro atoms. The number of carbonyl (C=O) groups is 1. The van der Waals surface area contributed by atoms with Gasteiger partial charge in [-0.15, -0.1) is 0 Å². The Kier molecular flexibility index (Phi) is 4.18. The van der Waals surface area contributed by atoms with Crippen LogP contribution < -0.4 is 15.2 Å². The largest absolute Gasteiger partial charge is 0.477 e. The van der Waals surface area contributed by atoms with Crippen molar-refractivity contribution < 1.29 is 18.1 Å². The van der Waals surface area contributed by atoms with Crippen LogP contribution in [0.25, 0.3) is 0 Å². The standard InChI is InChI=1S/C19H22FN5O3S/c20-12-8-11-7-10-3-1-4-13(10)15(14(11)9-12)23-18(26)16-17(29(21,22)27)19-25(24-16)5-2-6-28-19/h7,12H,1-6,8-9H2,(H,23,26)(H3,21,22,27)/t12-/m0/s1. The molecule has 154 valence electrons. The van der Waals surface area contributed by atoms with Gasteiger partial charge in [0.2, 0.25) is 5.88 Å².